The van der Waals surface area contributed by atoms with E-state index in [1.165, 1.54) is 19.4 Å². The topological polar surface area (TPSA) is 89.6 Å². The van der Waals surface area contributed by atoms with Crippen molar-refractivity contribution in [3.8, 4) is 11.5 Å². The van der Waals surface area contributed by atoms with Crippen LogP contribution in [0.25, 0.3) is 0 Å². The lowest BCUT2D eigenvalue weighted by molar-refractivity contribution is 0.355. The van der Waals surface area contributed by atoms with Gasteiger partial charge in [0.2, 0.25) is 0 Å². The monoisotopic (exact) mass is 413 g/mol. The van der Waals surface area contributed by atoms with E-state index in [1.807, 2.05) is 19.1 Å². The Balaban J connectivity index is 1.89. The maximum atomic E-state index is 13.0. The van der Waals surface area contributed by atoms with E-state index in [9.17, 15) is 8.42 Å². The third kappa shape index (κ3) is 4.78. The Hall–Kier alpha value is -3.26. The quantitative estimate of drug-likeness (QED) is 0.575. The molecule has 7 nitrogen and oxygen atoms in total. The molecule has 3 aromatic rings. The van der Waals surface area contributed by atoms with Gasteiger partial charge in [-0.05, 0) is 48.4 Å². The van der Waals surface area contributed by atoms with Gasteiger partial charge >= 0.3 is 0 Å². The molecule has 29 heavy (non-hydrogen) atoms. The molecule has 1 heterocycles. The van der Waals surface area contributed by atoms with Crippen molar-refractivity contribution in [2.75, 3.05) is 24.3 Å². The fourth-order valence-corrected chi connectivity index (χ4v) is 3.94. The van der Waals surface area contributed by atoms with E-state index in [0.717, 1.165) is 12.0 Å². The molecule has 0 spiro atoms. The highest BCUT2D eigenvalue weighted by atomic mass is 32.2. The van der Waals surface area contributed by atoms with E-state index < -0.39 is 10.0 Å². The number of rotatable bonds is 8. The number of sulfonamides is 1. The highest BCUT2D eigenvalue weighted by molar-refractivity contribution is 7.92. The first-order chi connectivity index (χ1) is 14.0. The third-order valence-electron chi connectivity index (χ3n) is 4.32. The minimum absolute atomic E-state index is 0.0364. The zero-order chi connectivity index (χ0) is 20.9. The molecule has 0 saturated carbocycles. The number of benzene rings is 2. The standard InChI is InChI=1S/C21H23N3O4S/c1-4-15-7-9-16(10-8-15)24-29(25,26)20-6-5-13-22-21(20)23-17-11-12-18(27-2)19(14-17)28-3/h5-14,24H,4H2,1-3H3,(H,22,23). The van der Waals surface area contributed by atoms with E-state index in [0.29, 0.717) is 22.9 Å². The highest BCUT2D eigenvalue weighted by Crippen LogP contribution is 2.32. The van der Waals surface area contributed by atoms with Crippen LogP contribution in [0.5, 0.6) is 11.5 Å². The van der Waals surface area contributed by atoms with Gasteiger partial charge in [0.05, 0.1) is 14.2 Å². The molecule has 0 bridgehead atoms. The number of anilines is 3. The van der Waals surface area contributed by atoms with Crippen molar-refractivity contribution in [3.63, 3.8) is 0 Å². The number of methoxy groups -OCH3 is 2. The van der Waals surface area contributed by atoms with Crippen molar-refractivity contribution < 1.29 is 17.9 Å². The summed E-state index contributed by atoms with van der Waals surface area (Å²) >= 11 is 0. The van der Waals surface area contributed by atoms with Crippen LogP contribution < -0.4 is 19.5 Å². The molecule has 0 radical (unpaired) electrons. The van der Waals surface area contributed by atoms with Gasteiger partial charge in [-0.1, -0.05) is 19.1 Å². The van der Waals surface area contributed by atoms with E-state index in [2.05, 4.69) is 15.0 Å². The number of aryl methyl sites for hydroxylation is 1. The van der Waals surface area contributed by atoms with Crippen LogP contribution in [0.2, 0.25) is 0 Å². The second-order valence-corrected chi connectivity index (χ2v) is 7.85. The molecule has 0 fully saturated rings. The van der Waals surface area contributed by atoms with E-state index in [-0.39, 0.29) is 10.7 Å². The Morgan fingerprint density at radius 1 is 0.931 bits per heavy atom. The number of pyridine rings is 1. The fraction of sp³-hybridized carbons (Fsp3) is 0.190. The Kier molecular flexibility index (Phi) is 6.23. The van der Waals surface area contributed by atoms with Gasteiger partial charge in [0.25, 0.3) is 10.0 Å². The van der Waals surface area contributed by atoms with Crippen LogP contribution in [0.15, 0.2) is 65.7 Å². The molecule has 1 aromatic heterocycles. The van der Waals surface area contributed by atoms with Gasteiger partial charge < -0.3 is 14.8 Å². The van der Waals surface area contributed by atoms with E-state index in [1.54, 1.807) is 43.5 Å². The summed E-state index contributed by atoms with van der Waals surface area (Å²) in [5.41, 5.74) is 2.23. The minimum atomic E-state index is -3.84. The molecule has 3 rings (SSSR count). The van der Waals surface area contributed by atoms with Crippen molar-refractivity contribution >= 4 is 27.2 Å². The smallest absolute Gasteiger partial charge is 0.265 e. The van der Waals surface area contributed by atoms with Crippen LogP contribution >= 0.6 is 0 Å². The van der Waals surface area contributed by atoms with Crippen molar-refractivity contribution in [2.45, 2.75) is 18.2 Å². The number of hydrogen-bond acceptors (Lipinski definition) is 6. The summed E-state index contributed by atoms with van der Waals surface area (Å²) in [5.74, 6) is 1.30. The molecule has 0 atom stereocenters. The minimum Gasteiger partial charge on any atom is -0.493 e. The first kappa shape index (κ1) is 20.5. The largest absolute Gasteiger partial charge is 0.493 e. The summed E-state index contributed by atoms with van der Waals surface area (Å²) in [5, 5.41) is 3.04. The lowest BCUT2D eigenvalue weighted by Crippen LogP contribution is -2.15. The van der Waals surface area contributed by atoms with Crippen LogP contribution in [0.3, 0.4) is 0 Å². The van der Waals surface area contributed by atoms with Crippen LogP contribution in [0, 0.1) is 0 Å². The molecule has 0 amide bonds. The summed E-state index contributed by atoms with van der Waals surface area (Å²) in [6.07, 6.45) is 2.41. The normalized spacial score (nSPS) is 11.0. The van der Waals surface area contributed by atoms with Gasteiger partial charge in [0.1, 0.15) is 4.90 Å². The Labute approximate surface area is 170 Å². The number of nitrogens with zero attached hydrogens (tertiary/aromatic N) is 1. The summed E-state index contributed by atoms with van der Waals surface area (Å²) in [6.45, 7) is 2.04. The Morgan fingerprint density at radius 3 is 2.28 bits per heavy atom. The molecular formula is C21H23N3O4S. The molecular weight excluding hydrogens is 390 g/mol. The predicted molar refractivity (Wildman–Crippen MR) is 114 cm³/mol. The third-order valence-corrected chi connectivity index (χ3v) is 5.73. The molecule has 0 saturated heterocycles. The van der Waals surface area contributed by atoms with Crippen LogP contribution in [-0.4, -0.2) is 27.6 Å². The molecule has 0 aliphatic heterocycles. The lowest BCUT2D eigenvalue weighted by atomic mass is 10.2. The first-order valence-electron chi connectivity index (χ1n) is 9.02. The van der Waals surface area contributed by atoms with Gasteiger partial charge in [0.15, 0.2) is 17.3 Å². The molecule has 8 heteroatoms. The zero-order valence-electron chi connectivity index (χ0n) is 16.5. The van der Waals surface area contributed by atoms with Crippen LogP contribution in [-0.2, 0) is 16.4 Å². The van der Waals surface area contributed by atoms with Gasteiger partial charge in [0, 0.05) is 23.6 Å². The van der Waals surface area contributed by atoms with E-state index in [4.69, 9.17) is 9.47 Å². The highest BCUT2D eigenvalue weighted by Gasteiger charge is 2.20. The summed E-state index contributed by atoms with van der Waals surface area (Å²) in [7, 11) is -0.761. The lowest BCUT2D eigenvalue weighted by Gasteiger charge is -2.14. The average Bonchev–Trinajstić information content (AvgIpc) is 2.74. The second-order valence-electron chi connectivity index (χ2n) is 6.20. The van der Waals surface area contributed by atoms with Crippen molar-refractivity contribution in [1.29, 1.82) is 0 Å². The Bertz CT molecular complexity index is 1080. The maximum Gasteiger partial charge on any atom is 0.265 e. The van der Waals surface area contributed by atoms with Crippen molar-refractivity contribution in [2.24, 2.45) is 0 Å². The number of ether oxygens (including phenoxy) is 2. The van der Waals surface area contributed by atoms with Crippen LogP contribution in [0.1, 0.15) is 12.5 Å². The van der Waals surface area contributed by atoms with Gasteiger partial charge in [-0.3, -0.25) is 4.72 Å². The molecule has 0 aliphatic carbocycles. The first-order valence-corrected chi connectivity index (χ1v) is 10.5. The number of nitrogens with one attached hydrogen (secondary N) is 2. The Morgan fingerprint density at radius 2 is 1.62 bits per heavy atom. The maximum absolute atomic E-state index is 13.0. The predicted octanol–water partition coefficient (Wildman–Crippen LogP) is 4.21. The average molecular weight is 413 g/mol. The molecule has 0 aliphatic rings. The van der Waals surface area contributed by atoms with Crippen molar-refractivity contribution in [1.82, 2.24) is 4.98 Å². The molecule has 0 unspecified atom stereocenters. The van der Waals surface area contributed by atoms with Gasteiger partial charge in [-0.2, -0.15) is 0 Å². The van der Waals surface area contributed by atoms with Crippen LogP contribution in [0.4, 0.5) is 17.2 Å². The van der Waals surface area contributed by atoms with E-state index >= 15 is 0 Å². The van der Waals surface area contributed by atoms with Crippen molar-refractivity contribution in [3.05, 3.63) is 66.4 Å². The second kappa shape index (κ2) is 8.83. The SMILES string of the molecule is CCc1ccc(NS(=O)(=O)c2cccnc2Nc2ccc(OC)c(OC)c2)cc1. The number of hydrogen-bond donors (Lipinski definition) is 2. The number of aromatic nitrogens is 1. The van der Waals surface area contributed by atoms with Gasteiger partial charge in [-0.25, -0.2) is 13.4 Å². The fourth-order valence-electron chi connectivity index (χ4n) is 2.77. The summed E-state index contributed by atoms with van der Waals surface area (Å²) in [4.78, 5) is 4.24. The summed E-state index contributed by atoms with van der Waals surface area (Å²) in [6, 6.07) is 15.5. The van der Waals surface area contributed by atoms with Gasteiger partial charge in [-0.15, -0.1) is 0 Å². The molecule has 152 valence electrons. The molecule has 2 aromatic carbocycles. The summed E-state index contributed by atoms with van der Waals surface area (Å²) < 4.78 is 39.0. The zero-order valence-corrected chi connectivity index (χ0v) is 17.3. The molecule has 2 N–H and O–H groups in total.